The van der Waals surface area contributed by atoms with Crippen LogP contribution in [0.3, 0.4) is 0 Å². The van der Waals surface area contributed by atoms with Crippen LogP contribution < -0.4 is 5.32 Å². The average molecular weight is 266 g/mol. The molecule has 1 aromatic carbocycles. The summed E-state index contributed by atoms with van der Waals surface area (Å²) < 4.78 is 13.1. The van der Waals surface area contributed by atoms with Crippen LogP contribution >= 0.6 is 11.6 Å². The lowest BCUT2D eigenvalue weighted by Crippen LogP contribution is -2.01. The Balaban J connectivity index is 2.36. The number of carbonyl (C=O) groups is 1. The first-order valence-electron chi connectivity index (χ1n) is 5.10. The van der Waals surface area contributed by atoms with Crippen molar-refractivity contribution < 1.29 is 9.18 Å². The second-order valence-corrected chi connectivity index (χ2v) is 3.99. The molecule has 0 radical (unpaired) electrons. The van der Waals surface area contributed by atoms with Crippen LogP contribution in [-0.2, 0) is 0 Å². The van der Waals surface area contributed by atoms with E-state index in [1.165, 1.54) is 12.4 Å². The molecule has 0 spiro atoms. The van der Waals surface area contributed by atoms with Crippen molar-refractivity contribution in [2.75, 3.05) is 5.32 Å². The topological polar surface area (TPSA) is 54.9 Å². The predicted molar refractivity (Wildman–Crippen MR) is 66.8 cm³/mol. The van der Waals surface area contributed by atoms with E-state index < -0.39 is 0 Å². The van der Waals surface area contributed by atoms with E-state index >= 15 is 0 Å². The molecular weight excluding hydrogens is 257 g/mol. The number of aldehydes is 1. The van der Waals surface area contributed by atoms with Gasteiger partial charge in [-0.05, 0) is 30.7 Å². The van der Waals surface area contributed by atoms with Gasteiger partial charge in [0.2, 0.25) is 0 Å². The number of rotatable bonds is 3. The van der Waals surface area contributed by atoms with Crippen LogP contribution in [0.4, 0.5) is 15.9 Å². The third kappa shape index (κ3) is 2.46. The summed E-state index contributed by atoms with van der Waals surface area (Å²) in [5.74, 6) is -0.00658. The fourth-order valence-electron chi connectivity index (χ4n) is 1.44. The number of hydrogen-bond donors (Lipinski definition) is 1. The molecule has 1 N–H and O–H groups in total. The average Bonchev–Trinajstić information content (AvgIpc) is 2.34. The van der Waals surface area contributed by atoms with Gasteiger partial charge in [-0.15, -0.1) is 0 Å². The van der Waals surface area contributed by atoms with Gasteiger partial charge in [-0.25, -0.2) is 14.4 Å². The zero-order valence-corrected chi connectivity index (χ0v) is 10.2. The Morgan fingerprint density at radius 2 is 2.17 bits per heavy atom. The molecular formula is C12H9ClFN3O. The van der Waals surface area contributed by atoms with E-state index in [-0.39, 0.29) is 22.4 Å². The summed E-state index contributed by atoms with van der Waals surface area (Å²) in [7, 11) is 0. The highest BCUT2D eigenvalue weighted by Crippen LogP contribution is 2.22. The highest BCUT2D eigenvalue weighted by Gasteiger charge is 2.09. The van der Waals surface area contributed by atoms with E-state index in [0.717, 1.165) is 0 Å². The summed E-state index contributed by atoms with van der Waals surface area (Å²) in [6.45, 7) is 1.65. The number of nitrogens with zero attached hydrogens (tertiary/aromatic N) is 2. The molecule has 0 aliphatic heterocycles. The Kier molecular flexibility index (Phi) is 3.53. The minimum atomic E-state index is -0.295. The van der Waals surface area contributed by atoms with E-state index in [0.29, 0.717) is 17.5 Å². The molecule has 0 atom stereocenters. The second kappa shape index (κ2) is 5.10. The number of carbonyl (C=O) groups excluding carboxylic acids is 1. The third-order valence-electron chi connectivity index (χ3n) is 2.37. The quantitative estimate of drug-likeness (QED) is 0.684. The zero-order valence-electron chi connectivity index (χ0n) is 9.45. The lowest BCUT2D eigenvalue weighted by atomic mass is 10.2. The highest BCUT2D eigenvalue weighted by atomic mass is 35.5. The molecule has 2 rings (SSSR count). The zero-order chi connectivity index (χ0) is 13.1. The fourth-order valence-corrected chi connectivity index (χ4v) is 1.61. The number of aromatic nitrogens is 2. The predicted octanol–water partition coefficient (Wildman–Crippen LogP) is 3.13. The second-order valence-electron chi connectivity index (χ2n) is 3.63. The van der Waals surface area contributed by atoms with Crippen molar-refractivity contribution in [3.8, 4) is 0 Å². The summed E-state index contributed by atoms with van der Waals surface area (Å²) in [5.41, 5.74) is 1.28. The maximum absolute atomic E-state index is 13.1. The Labute approximate surface area is 108 Å². The highest BCUT2D eigenvalue weighted by molar-refractivity contribution is 6.32. The van der Waals surface area contributed by atoms with Crippen LogP contribution in [-0.4, -0.2) is 16.3 Å². The minimum absolute atomic E-state index is 0.0707. The number of aryl methyl sites for hydroxylation is 1. The third-order valence-corrected chi connectivity index (χ3v) is 2.68. The fraction of sp³-hybridized carbons (Fsp3) is 0.0833. The minimum Gasteiger partial charge on any atom is -0.339 e. The maximum Gasteiger partial charge on any atom is 0.156 e. The first kappa shape index (κ1) is 12.4. The van der Waals surface area contributed by atoms with Crippen LogP contribution in [0, 0.1) is 12.7 Å². The van der Waals surface area contributed by atoms with Crippen LogP contribution in [0.15, 0.2) is 24.5 Å². The van der Waals surface area contributed by atoms with Crippen LogP contribution in [0.1, 0.15) is 15.9 Å². The molecule has 1 heterocycles. The standard InChI is InChI=1S/C12H9ClFN3O/c1-7-4-8(2-3-10(7)14)17-12-9(5-18)11(13)15-6-16-12/h2-6H,1H3,(H,15,16,17). The van der Waals surface area contributed by atoms with Gasteiger partial charge >= 0.3 is 0 Å². The van der Waals surface area contributed by atoms with E-state index in [2.05, 4.69) is 15.3 Å². The molecule has 2 aromatic rings. The Bertz CT molecular complexity index is 604. The van der Waals surface area contributed by atoms with Crippen LogP contribution in [0.25, 0.3) is 0 Å². The maximum atomic E-state index is 13.1. The summed E-state index contributed by atoms with van der Waals surface area (Å²) in [6, 6.07) is 4.49. The molecule has 6 heteroatoms. The van der Waals surface area contributed by atoms with Gasteiger partial charge in [0.05, 0.1) is 5.56 Å². The number of nitrogens with one attached hydrogen (secondary N) is 1. The normalized spacial score (nSPS) is 10.2. The van der Waals surface area contributed by atoms with Crippen molar-refractivity contribution in [3.05, 3.63) is 46.6 Å². The molecule has 0 saturated carbocycles. The van der Waals surface area contributed by atoms with Gasteiger partial charge in [0.25, 0.3) is 0 Å². The molecule has 0 unspecified atom stereocenters. The Morgan fingerprint density at radius 3 is 2.83 bits per heavy atom. The molecule has 0 saturated heterocycles. The van der Waals surface area contributed by atoms with E-state index in [4.69, 9.17) is 11.6 Å². The van der Waals surface area contributed by atoms with Crippen molar-refractivity contribution in [1.82, 2.24) is 9.97 Å². The van der Waals surface area contributed by atoms with Gasteiger partial charge in [0, 0.05) is 5.69 Å². The summed E-state index contributed by atoms with van der Waals surface area (Å²) in [4.78, 5) is 18.5. The summed E-state index contributed by atoms with van der Waals surface area (Å²) in [6.07, 6.45) is 1.81. The molecule has 0 aliphatic carbocycles. The van der Waals surface area contributed by atoms with Crippen molar-refractivity contribution in [2.24, 2.45) is 0 Å². The van der Waals surface area contributed by atoms with Gasteiger partial charge in [0.1, 0.15) is 23.1 Å². The van der Waals surface area contributed by atoms with Gasteiger partial charge in [-0.3, -0.25) is 4.79 Å². The molecule has 92 valence electrons. The number of benzene rings is 1. The van der Waals surface area contributed by atoms with Crippen LogP contribution in [0.2, 0.25) is 5.15 Å². The van der Waals surface area contributed by atoms with E-state index in [9.17, 15) is 9.18 Å². The number of hydrogen-bond acceptors (Lipinski definition) is 4. The largest absolute Gasteiger partial charge is 0.339 e. The van der Waals surface area contributed by atoms with Crippen molar-refractivity contribution in [2.45, 2.75) is 6.92 Å². The van der Waals surface area contributed by atoms with Crippen molar-refractivity contribution >= 4 is 29.4 Å². The summed E-state index contributed by atoms with van der Waals surface area (Å²) >= 11 is 5.77. The Hall–Kier alpha value is -2.01. The SMILES string of the molecule is Cc1cc(Nc2ncnc(Cl)c2C=O)ccc1F. The first-order chi connectivity index (χ1) is 8.61. The van der Waals surface area contributed by atoms with Crippen molar-refractivity contribution in [3.63, 3.8) is 0 Å². The van der Waals surface area contributed by atoms with E-state index in [1.54, 1.807) is 19.1 Å². The molecule has 0 fully saturated rings. The smallest absolute Gasteiger partial charge is 0.156 e. The molecule has 18 heavy (non-hydrogen) atoms. The van der Waals surface area contributed by atoms with Crippen molar-refractivity contribution in [1.29, 1.82) is 0 Å². The van der Waals surface area contributed by atoms with E-state index in [1.807, 2.05) is 0 Å². The van der Waals surface area contributed by atoms with Crippen LogP contribution in [0.5, 0.6) is 0 Å². The number of anilines is 2. The van der Waals surface area contributed by atoms with Gasteiger partial charge in [-0.2, -0.15) is 0 Å². The van der Waals surface area contributed by atoms with Gasteiger partial charge in [-0.1, -0.05) is 11.6 Å². The monoisotopic (exact) mass is 265 g/mol. The lowest BCUT2D eigenvalue weighted by Gasteiger charge is -2.09. The molecule has 0 bridgehead atoms. The molecule has 0 amide bonds. The van der Waals surface area contributed by atoms with Gasteiger partial charge < -0.3 is 5.32 Å². The first-order valence-corrected chi connectivity index (χ1v) is 5.48. The number of halogens is 2. The lowest BCUT2D eigenvalue weighted by molar-refractivity contribution is 0.112. The Morgan fingerprint density at radius 1 is 1.39 bits per heavy atom. The molecule has 4 nitrogen and oxygen atoms in total. The molecule has 1 aromatic heterocycles. The van der Waals surface area contributed by atoms with Gasteiger partial charge in [0.15, 0.2) is 6.29 Å². The summed E-state index contributed by atoms with van der Waals surface area (Å²) in [5, 5.41) is 2.97. The molecule has 0 aliphatic rings.